The number of hydrogen-bond acceptors (Lipinski definition) is 5. The second-order valence-electron chi connectivity index (χ2n) is 5.63. The van der Waals surface area contributed by atoms with Gasteiger partial charge < -0.3 is 24.6 Å². The largest absolute Gasteiger partial charge is 0.504 e. The molecule has 2 N–H and O–H groups in total. The van der Waals surface area contributed by atoms with Crippen molar-refractivity contribution >= 4 is 0 Å². The summed E-state index contributed by atoms with van der Waals surface area (Å²) in [6, 6.07) is 9.50. The van der Waals surface area contributed by atoms with E-state index in [1.54, 1.807) is 27.4 Å². The van der Waals surface area contributed by atoms with E-state index < -0.39 is 0 Å². The van der Waals surface area contributed by atoms with Crippen LogP contribution in [0.4, 0.5) is 0 Å². The van der Waals surface area contributed by atoms with E-state index in [1.807, 2.05) is 31.2 Å². The van der Waals surface area contributed by atoms with Crippen LogP contribution in [0.1, 0.15) is 29.7 Å². The fourth-order valence-corrected chi connectivity index (χ4v) is 2.71. The summed E-state index contributed by atoms with van der Waals surface area (Å²) in [7, 11) is 4.80. The summed E-state index contributed by atoms with van der Waals surface area (Å²) in [5, 5.41) is 13.6. The molecule has 130 valence electrons. The Balaban J connectivity index is 2.17. The van der Waals surface area contributed by atoms with Crippen molar-refractivity contribution < 1.29 is 19.3 Å². The number of nitrogens with one attached hydrogen (secondary N) is 1. The van der Waals surface area contributed by atoms with Crippen molar-refractivity contribution in [3.05, 3.63) is 47.0 Å². The number of phenols is 1. The average molecular weight is 331 g/mol. The summed E-state index contributed by atoms with van der Waals surface area (Å²) in [4.78, 5) is 0. The monoisotopic (exact) mass is 331 g/mol. The number of aromatic hydroxyl groups is 1. The predicted molar refractivity (Wildman–Crippen MR) is 94.2 cm³/mol. The smallest absolute Gasteiger partial charge is 0.162 e. The Kier molecular flexibility index (Phi) is 5.93. The predicted octanol–water partition coefficient (Wildman–Crippen LogP) is 3.58. The van der Waals surface area contributed by atoms with E-state index in [2.05, 4.69) is 12.2 Å². The van der Waals surface area contributed by atoms with Gasteiger partial charge in [-0.05, 0) is 43.2 Å². The van der Waals surface area contributed by atoms with Crippen LogP contribution in [0.3, 0.4) is 0 Å². The van der Waals surface area contributed by atoms with Gasteiger partial charge in [-0.2, -0.15) is 0 Å². The van der Waals surface area contributed by atoms with E-state index in [-0.39, 0.29) is 11.8 Å². The fraction of sp³-hybridized carbons (Fsp3) is 0.368. The first kappa shape index (κ1) is 17.9. The fourth-order valence-electron chi connectivity index (χ4n) is 2.71. The molecule has 5 nitrogen and oxygen atoms in total. The number of phenolic OH excluding ortho intramolecular Hbond substituents is 1. The first-order valence-electron chi connectivity index (χ1n) is 7.82. The molecule has 0 aliphatic rings. The molecule has 2 aromatic rings. The number of hydrogen-bond donors (Lipinski definition) is 2. The van der Waals surface area contributed by atoms with Crippen molar-refractivity contribution in [1.82, 2.24) is 5.32 Å². The van der Waals surface area contributed by atoms with Gasteiger partial charge in [0.05, 0.1) is 21.3 Å². The Morgan fingerprint density at radius 1 is 1.00 bits per heavy atom. The van der Waals surface area contributed by atoms with Gasteiger partial charge >= 0.3 is 0 Å². The van der Waals surface area contributed by atoms with Crippen molar-refractivity contribution in [1.29, 1.82) is 0 Å². The molecule has 2 aromatic carbocycles. The summed E-state index contributed by atoms with van der Waals surface area (Å²) in [6.45, 7) is 4.64. The summed E-state index contributed by atoms with van der Waals surface area (Å²) in [5.74, 6) is 2.07. The van der Waals surface area contributed by atoms with Crippen LogP contribution in [0, 0.1) is 6.92 Å². The van der Waals surface area contributed by atoms with Crippen LogP contribution in [0.25, 0.3) is 0 Å². The van der Waals surface area contributed by atoms with Gasteiger partial charge in [-0.1, -0.05) is 12.1 Å². The Bertz CT molecular complexity index is 700. The molecular weight excluding hydrogens is 306 g/mol. The first-order chi connectivity index (χ1) is 11.5. The zero-order valence-electron chi connectivity index (χ0n) is 14.8. The van der Waals surface area contributed by atoms with Gasteiger partial charge in [0.1, 0.15) is 0 Å². The zero-order valence-corrected chi connectivity index (χ0v) is 14.8. The van der Waals surface area contributed by atoms with E-state index in [9.17, 15) is 5.11 Å². The minimum absolute atomic E-state index is 0.0791. The van der Waals surface area contributed by atoms with Gasteiger partial charge in [-0.3, -0.25) is 0 Å². The Morgan fingerprint density at radius 2 is 1.62 bits per heavy atom. The number of rotatable bonds is 7. The maximum absolute atomic E-state index is 10.2. The molecule has 1 atom stereocenters. The Morgan fingerprint density at radius 3 is 2.25 bits per heavy atom. The number of methoxy groups -OCH3 is 3. The summed E-state index contributed by atoms with van der Waals surface area (Å²) in [6.07, 6.45) is 0. The standard InChI is InChI=1S/C19H25NO4/c1-12-9-17(23-4)18(24-5)10-15(12)13(2)20-11-14-7-6-8-16(22-3)19(14)21/h6-10,13,20-21H,11H2,1-5H3. The SMILES string of the molecule is COc1cc(C)c(C(C)NCc2cccc(OC)c2O)cc1OC. The molecule has 0 amide bonds. The lowest BCUT2D eigenvalue weighted by atomic mass is 10.0. The normalized spacial score (nSPS) is 11.9. The summed E-state index contributed by atoms with van der Waals surface area (Å²) >= 11 is 0. The molecule has 0 spiro atoms. The third-order valence-electron chi connectivity index (χ3n) is 4.14. The summed E-state index contributed by atoms with van der Waals surface area (Å²) < 4.78 is 15.9. The van der Waals surface area contributed by atoms with Crippen molar-refractivity contribution in [3.63, 3.8) is 0 Å². The molecule has 0 fully saturated rings. The number of para-hydroxylation sites is 1. The highest BCUT2D eigenvalue weighted by Gasteiger charge is 2.15. The molecular formula is C19H25NO4. The van der Waals surface area contributed by atoms with Crippen LogP contribution in [-0.2, 0) is 6.54 Å². The molecule has 0 bridgehead atoms. The molecule has 0 aromatic heterocycles. The van der Waals surface area contributed by atoms with Crippen LogP contribution < -0.4 is 19.5 Å². The van der Waals surface area contributed by atoms with E-state index in [0.29, 0.717) is 18.0 Å². The maximum atomic E-state index is 10.2. The van der Waals surface area contributed by atoms with Crippen molar-refractivity contribution in [2.45, 2.75) is 26.4 Å². The van der Waals surface area contributed by atoms with Crippen LogP contribution in [0.5, 0.6) is 23.0 Å². The van der Waals surface area contributed by atoms with Gasteiger partial charge in [0.25, 0.3) is 0 Å². The van der Waals surface area contributed by atoms with Crippen molar-refractivity contribution in [2.24, 2.45) is 0 Å². The van der Waals surface area contributed by atoms with Gasteiger partial charge in [-0.15, -0.1) is 0 Å². The second kappa shape index (κ2) is 7.93. The minimum Gasteiger partial charge on any atom is -0.504 e. The topological polar surface area (TPSA) is 60.0 Å². The molecule has 24 heavy (non-hydrogen) atoms. The van der Waals surface area contributed by atoms with E-state index in [0.717, 1.165) is 22.4 Å². The van der Waals surface area contributed by atoms with Crippen LogP contribution in [-0.4, -0.2) is 26.4 Å². The van der Waals surface area contributed by atoms with Crippen LogP contribution >= 0.6 is 0 Å². The van der Waals surface area contributed by atoms with E-state index in [1.165, 1.54) is 0 Å². The average Bonchev–Trinajstić information content (AvgIpc) is 2.60. The number of ether oxygens (including phenoxy) is 3. The van der Waals surface area contributed by atoms with Crippen molar-refractivity contribution in [2.75, 3.05) is 21.3 Å². The van der Waals surface area contributed by atoms with Gasteiger partial charge in [0.2, 0.25) is 0 Å². The third kappa shape index (κ3) is 3.74. The molecule has 0 saturated carbocycles. The highest BCUT2D eigenvalue weighted by atomic mass is 16.5. The molecule has 0 saturated heterocycles. The molecule has 0 aliphatic heterocycles. The highest BCUT2D eigenvalue weighted by molar-refractivity contribution is 5.48. The van der Waals surface area contributed by atoms with Gasteiger partial charge in [0, 0.05) is 18.2 Å². The van der Waals surface area contributed by atoms with E-state index >= 15 is 0 Å². The highest BCUT2D eigenvalue weighted by Crippen LogP contribution is 2.33. The quantitative estimate of drug-likeness (QED) is 0.812. The van der Waals surface area contributed by atoms with Gasteiger partial charge in [-0.25, -0.2) is 0 Å². The second-order valence-corrected chi connectivity index (χ2v) is 5.63. The third-order valence-corrected chi connectivity index (χ3v) is 4.14. The molecule has 1 unspecified atom stereocenters. The van der Waals surface area contributed by atoms with Crippen LogP contribution in [0.15, 0.2) is 30.3 Å². The Hall–Kier alpha value is -2.40. The van der Waals surface area contributed by atoms with Crippen molar-refractivity contribution in [3.8, 4) is 23.0 Å². The lowest BCUT2D eigenvalue weighted by molar-refractivity contribution is 0.353. The lowest BCUT2D eigenvalue weighted by Gasteiger charge is -2.20. The van der Waals surface area contributed by atoms with E-state index in [4.69, 9.17) is 14.2 Å². The zero-order chi connectivity index (χ0) is 17.7. The lowest BCUT2D eigenvalue weighted by Crippen LogP contribution is -2.19. The molecule has 5 heteroatoms. The maximum Gasteiger partial charge on any atom is 0.162 e. The van der Waals surface area contributed by atoms with Crippen LogP contribution in [0.2, 0.25) is 0 Å². The first-order valence-corrected chi connectivity index (χ1v) is 7.82. The summed E-state index contributed by atoms with van der Waals surface area (Å²) in [5.41, 5.74) is 3.02. The number of aryl methyl sites for hydroxylation is 1. The number of benzene rings is 2. The Labute approximate surface area is 143 Å². The molecule has 2 rings (SSSR count). The molecule has 0 aliphatic carbocycles. The molecule has 0 radical (unpaired) electrons. The van der Waals surface area contributed by atoms with Gasteiger partial charge in [0.15, 0.2) is 23.0 Å². The molecule has 0 heterocycles. The minimum atomic E-state index is 0.0791.